The summed E-state index contributed by atoms with van der Waals surface area (Å²) in [7, 11) is 0. The van der Waals surface area contributed by atoms with Crippen molar-refractivity contribution >= 4 is 0 Å². The van der Waals surface area contributed by atoms with E-state index in [1.165, 1.54) is 0 Å². The van der Waals surface area contributed by atoms with Gasteiger partial charge in [-0.1, -0.05) is 12.2 Å². The molecule has 0 aromatic heterocycles. The van der Waals surface area contributed by atoms with Crippen LogP contribution in [0.1, 0.15) is 13.8 Å². The third-order valence-corrected chi connectivity index (χ3v) is 0.333. The molecule has 0 amide bonds. The first-order valence-electron chi connectivity index (χ1n) is 1.49. The van der Waals surface area contributed by atoms with E-state index in [1.54, 1.807) is 0 Å². The van der Waals surface area contributed by atoms with Crippen molar-refractivity contribution in [3.63, 3.8) is 0 Å². The fraction of sp³-hybridized carbons (Fsp3) is 0.400. The van der Waals surface area contributed by atoms with E-state index in [1.807, 2.05) is 26.0 Å². The first-order chi connectivity index (χ1) is 1.91. The van der Waals surface area contributed by atoms with Crippen molar-refractivity contribution < 1.29 is 0 Å². The SMILES string of the molecule is CC=CC.[C]. The first-order valence-corrected chi connectivity index (χ1v) is 1.49. The minimum atomic E-state index is 0. The molecular weight excluding hydrogens is 60.1 g/mol. The molecule has 0 aliphatic carbocycles. The normalized spacial score (nSPS) is 7.60. The van der Waals surface area contributed by atoms with Gasteiger partial charge in [0.25, 0.3) is 0 Å². The van der Waals surface area contributed by atoms with Crippen LogP contribution >= 0.6 is 0 Å². The Morgan fingerprint density at radius 2 is 1.20 bits per heavy atom. The van der Waals surface area contributed by atoms with Gasteiger partial charge in [0.05, 0.1) is 0 Å². The molecule has 5 heavy (non-hydrogen) atoms. The molecule has 0 aromatic carbocycles. The average Bonchev–Trinajstić information content (AvgIpc) is 1.37. The third kappa shape index (κ3) is 20.7. The highest BCUT2D eigenvalue weighted by atomic mass is 13.4. The summed E-state index contributed by atoms with van der Waals surface area (Å²) in [6.45, 7) is 4.00. The topological polar surface area (TPSA) is 0 Å². The van der Waals surface area contributed by atoms with Crippen LogP contribution in [0, 0.1) is 7.43 Å². The standard InChI is InChI=1S/C4H8.C/c1-3-4-2;/h3-4H,1-2H3;. The summed E-state index contributed by atoms with van der Waals surface area (Å²) in [5, 5.41) is 0. The third-order valence-electron chi connectivity index (χ3n) is 0.333. The Labute approximate surface area is 34.5 Å². The molecule has 0 rings (SSSR count). The van der Waals surface area contributed by atoms with E-state index in [2.05, 4.69) is 0 Å². The summed E-state index contributed by atoms with van der Waals surface area (Å²) in [4.78, 5) is 0. The van der Waals surface area contributed by atoms with Crippen LogP contribution in [-0.4, -0.2) is 0 Å². The summed E-state index contributed by atoms with van der Waals surface area (Å²) in [5.41, 5.74) is 0. The molecule has 0 spiro atoms. The number of hydrogen-bond acceptors (Lipinski definition) is 0. The van der Waals surface area contributed by atoms with Gasteiger partial charge in [0, 0.05) is 7.43 Å². The molecule has 0 aliphatic heterocycles. The summed E-state index contributed by atoms with van der Waals surface area (Å²) >= 11 is 0. The molecule has 0 fully saturated rings. The van der Waals surface area contributed by atoms with E-state index in [-0.39, 0.29) is 7.43 Å². The predicted octanol–water partition coefficient (Wildman–Crippen LogP) is 1.66. The van der Waals surface area contributed by atoms with Crippen molar-refractivity contribution in [2.75, 3.05) is 0 Å². The Hall–Kier alpha value is -0.260. The summed E-state index contributed by atoms with van der Waals surface area (Å²) in [6, 6.07) is 0. The second-order valence-corrected chi connectivity index (χ2v) is 0.667. The molecule has 0 aromatic rings. The van der Waals surface area contributed by atoms with Gasteiger partial charge in [-0.2, -0.15) is 0 Å². The van der Waals surface area contributed by atoms with E-state index in [9.17, 15) is 0 Å². The molecule has 0 saturated heterocycles. The Balaban J connectivity index is 0. The molecule has 0 heterocycles. The lowest BCUT2D eigenvalue weighted by Gasteiger charge is -1.49. The van der Waals surface area contributed by atoms with Crippen LogP contribution in [0.4, 0.5) is 0 Å². The van der Waals surface area contributed by atoms with E-state index in [0.717, 1.165) is 0 Å². The van der Waals surface area contributed by atoms with Crippen LogP contribution < -0.4 is 0 Å². The zero-order chi connectivity index (χ0) is 3.41. The Kier molecular flexibility index (Phi) is 16.4. The van der Waals surface area contributed by atoms with Crippen molar-refractivity contribution in [2.45, 2.75) is 13.8 Å². The Bertz CT molecular complexity index is 15.2. The molecule has 0 nitrogen and oxygen atoms in total. The average molecular weight is 68.1 g/mol. The van der Waals surface area contributed by atoms with Gasteiger partial charge in [0.15, 0.2) is 0 Å². The lowest BCUT2D eigenvalue weighted by atomic mass is 10.6. The fourth-order valence-electron chi connectivity index (χ4n) is 0. The number of hydrogen-bond donors (Lipinski definition) is 0. The summed E-state index contributed by atoms with van der Waals surface area (Å²) in [5.74, 6) is 0. The monoisotopic (exact) mass is 68.1 g/mol. The van der Waals surface area contributed by atoms with Crippen LogP contribution in [0.5, 0.6) is 0 Å². The minimum absolute atomic E-state index is 0. The van der Waals surface area contributed by atoms with Crippen LogP contribution in [-0.2, 0) is 0 Å². The van der Waals surface area contributed by atoms with Crippen molar-refractivity contribution in [1.82, 2.24) is 0 Å². The van der Waals surface area contributed by atoms with Crippen LogP contribution in [0.2, 0.25) is 0 Å². The molecule has 0 heteroatoms. The first kappa shape index (κ1) is 8.83. The molecule has 4 radical (unpaired) electrons. The van der Waals surface area contributed by atoms with Gasteiger partial charge < -0.3 is 0 Å². The van der Waals surface area contributed by atoms with Crippen molar-refractivity contribution in [3.8, 4) is 0 Å². The van der Waals surface area contributed by atoms with Crippen molar-refractivity contribution in [1.29, 1.82) is 0 Å². The zero-order valence-electron chi connectivity index (χ0n) is 3.65. The maximum absolute atomic E-state index is 2.00. The van der Waals surface area contributed by atoms with Gasteiger partial charge in [0.1, 0.15) is 0 Å². The van der Waals surface area contributed by atoms with Gasteiger partial charge in [-0.05, 0) is 13.8 Å². The van der Waals surface area contributed by atoms with Crippen LogP contribution in [0.25, 0.3) is 0 Å². The lowest BCUT2D eigenvalue weighted by molar-refractivity contribution is 1.64. The maximum Gasteiger partial charge on any atom is 0 e. The molecule has 28 valence electrons. The van der Waals surface area contributed by atoms with E-state index in [4.69, 9.17) is 0 Å². The molecule has 0 saturated carbocycles. The highest BCUT2D eigenvalue weighted by molar-refractivity contribution is 4.68. The van der Waals surface area contributed by atoms with Crippen LogP contribution in [0.15, 0.2) is 12.2 Å². The van der Waals surface area contributed by atoms with Crippen molar-refractivity contribution in [3.05, 3.63) is 19.6 Å². The predicted molar refractivity (Wildman–Crippen MR) is 23.7 cm³/mol. The van der Waals surface area contributed by atoms with Crippen molar-refractivity contribution in [2.24, 2.45) is 0 Å². The highest BCUT2D eigenvalue weighted by Gasteiger charge is 1.34. The molecule has 0 aliphatic rings. The van der Waals surface area contributed by atoms with Gasteiger partial charge in [-0.15, -0.1) is 0 Å². The van der Waals surface area contributed by atoms with Crippen LogP contribution in [0.3, 0.4) is 0 Å². The lowest BCUT2D eigenvalue weighted by Crippen LogP contribution is -1.26. The number of rotatable bonds is 0. The molecule has 0 N–H and O–H groups in total. The van der Waals surface area contributed by atoms with Gasteiger partial charge in [0.2, 0.25) is 0 Å². The minimum Gasteiger partial charge on any atom is -0.0919 e. The molecular formula is C5H8. The van der Waals surface area contributed by atoms with E-state index >= 15 is 0 Å². The second kappa shape index (κ2) is 9.27. The van der Waals surface area contributed by atoms with Gasteiger partial charge in [-0.3, -0.25) is 0 Å². The highest BCUT2D eigenvalue weighted by Crippen LogP contribution is 1.57. The van der Waals surface area contributed by atoms with E-state index in [0.29, 0.717) is 0 Å². The molecule has 0 atom stereocenters. The summed E-state index contributed by atoms with van der Waals surface area (Å²) in [6.07, 6.45) is 4.00. The van der Waals surface area contributed by atoms with Gasteiger partial charge in [-0.25, -0.2) is 0 Å². The molecule has 0 bridgehead atoms. The quantitative estimate of drug-likeness (QED) is 0.379. The zero-order valence-corrected chi connectivity index (χ0v) is 3.65. The largest absolute Gasteiger partial charge is 0.0919 e. The maximum atomic E-state index is 2.00. The fourth-order valence-corrected chi connectivity index (χ4v) is 0. The Morgan fingerprint density at radius 1 is 1.00 bits per heavy atom. The second-order valence-electron chi connectivity index (χ2n) is 0.667. The van der Waals surface area contributed by atoms with Gasteiger partial charge >= 0.3 is 0 Å². The molecule has 0 unspecified atom stereocenters. The smallest absolute Gasteiger partial charge is 0 e. The number of allylic oxidation sites excluding steroid dienone is 2. The Morgan fingerprint density at radius 3 is 1.20 bits per heavy atom. The van der Waals surface area contributed by atoms with E-state index < -0.39 is 0 Å². The summed E-state index contributed by atoms with van der Waals surface area (Å²) < 4.78 is 0.